The number of hydrogen-bond acceptors (Lipinski definition) is 8. The monoisotopic (exact) mass is 467 g/mol. The summed E-state index contributed by atoms with van der Waals surface area (Å²) in [5.74, 6) is -0.109. The van der Waals surface area contributed by atoms with Gasteiger partial charge in [-0.25, -0.2) is 9.37 Å². The number of anilines is 4. The molecule has 1 aliphatic rings. The highest BCUT2D eigenvalue weighted by Gasteiger charge is 2.27. The zero-order valence-electron chi connectivity index (χ0n) is 18.8. The lowest BCUT2D eigenvalue weighted by Crippen LogP contribution is -2.35. The number of amides is 1. The summed E-state index contributed by atoms with van der Waals surface area (Å²) in [6.45, 7) is 3.81. The van der Waals surface area contributed by atoms with Gasteiger partial charge in [0.15, 0.2) is 11.6 Å². The Morgan fingerprint density at radius 2 is 2.06 bits per heavy atom. The number of nitrogens with one attached hydrogen (secondary N) is 3. The molecule has 1 aliphatic heterocycles. The molecule has 178 valence electrons. The van der Waals surface area contributed by atoms with E-state index in [1.54, 1.807) is 12.1 Å². The summed E-state index contributed by atoms with van der Waals surface area (Å²) in [4.78, 5) is 21.1. The molecule has 0 bridgehead atoms. The van der Waals surface area contributed by atoms with E-state index in [4.69, 9.17) is 9.84 Å². The number of aliphatic hydroxyl groups excluding tert-OH is 2. The van der Waals surface area contributed by atoms with Crippen LogP contribution in [0, 0.1) is 5.82 Å². The van der Waals surface area contributed by atoms with Gasteiger partial charge in [-0.1, -0.05) is 26.0 Å². The van der Waals surface area contributed by atoms with Gasteiger partial charge in [0.1, 0.15) is 12.4 Å². The van der Waals surface area contributed by atoms with Gasteiger partial charge >= 0.3 is 0 Å². The molecule has 0 saturated carbocycles. The standard InChI is InChI=1S/C24H26FN5O4/c1-13(2)14-4-3-5-15(8-14)28-22-18(25)10-27-24(30-22)29-19-6-7-20-17(12-34-20)21(19)23(33)26-9-16(32)11-31/h3-8,10,13,16,31-32H,9,11-12H2,1-2H3,(H,26,33)(H2,27,28,29,30). The summed E-state index contributed by atoms with van der Waals surface area (Å²) < 4.78 is 19.8. The van der Waals surface area contributed by atoms with Crippen LogP contribution in [0.25, 0.3) is 0 Å². The van der Waals surface area contributed by atoms with Gasteiger partial charge in [0.05, 0.1) is 30.2 Å². The van der Waals surface area contributed by atoms with Crippen LogP contribution in [-0.2, 0) is 6.61 Å². The van der Waals surface area contributed by atoms with Gasteiger partial charge in [0, 0.05) is 17.8 Å². The first-order valence-corrected chi connectivity index (χ1v) is 10.9. The van der Waals surface area contributed by atoms with E-state index in [0.29, 0.717) is 34.2 Å². The van der Waals surface area contributed by atoms with Crippen molar-refractivity contribution in [3.8, 4) is 5.75 Å². The van der Waals surface area contributed by atoms with Gasteiger partial charge in [-0.05, 0) is 35.7 Å². The van der Waals surface area contributed by atoms with Crippen LogP contribution in [0.4, 0.5) is 27.5 Å². The van der Waals surface area contributed by atoms with Gasteiger partial charge in [-0.2, -0.15) is 4.98 Å². The zero-order chi connectivity index (χ0) is 24.2. The highest BCUT2D eigenvalue weighted by Crippen LogP contribution is 2.37. The maximum absolute atomic E-state index is 14.5. The number of fused-ring (bicyclic) bond motifs is 1. The van der Waals surface area contributed by atoms with Gasteiger partial charge < -0.3 is 30.9 Å². The third-order valence-corrected chi connectivity index (χ3v) is 5.38. The van der Waals surface area contributed by atoms with Gasteiger partial charge in [0.2, 0.25) is 5.95 Å². The maximum atomic E-state index is 14.5. The molecule has 9 nitrogen and oxygen atoms in total. The van der Waals surface area contributed by atoms with E-state index in [1.807, 2.05) is 24.3 Å². The molecule has 1 unspecified atom stereocenters. The van der Waals surface area contributed by atoms with Crippen LogP contribution in [-0.4, -0.2) is 45.3 Å². The molecule has 1 amide bonds. The molecule has 0 fully saturated rings. The molecule has 4 rings (SSSR count). The largest absolute Gasteiger partial charge is 0.488 e. The van der Waals surface area contributed by atoms with E-state index < -0.39 is 24.4 Å². The molecule has 0 saturated heterocycles. The van der Waals surface area contributed by atoms with Crippen molar-refractivity contribution in [2.75, 3.05) is 23.8 Å². The molecule has 10 heteroatoms. The summed E-state index contributed by atoms with van der Waals surface area (Å²) in [6.07, 6.45) is -0.0274. The topological polar surface area (TPSA) is 129 Å². The van der Waals surface area contributed by atoms with Crippen LogP contribution in [0.1, 0.15) is 41.3 Å². The molecule has 0 aliphatic carbocycles. The summed E-state index contributed by atoms with van der Waals surface area (Å²) in [7, 11) is 0. The Labute approximate surface area is 196 Å². The van der Waals surface area contributed by atoms with Gasteiger partial charge in [-0.15, -0.1) is 0 Å². The predicted octanol–water partition coefficient (Wildman–Crippen LogP) is 3.20. The summed E-state index contributed by atoms with van der Waals surface area (Å²) in [6, 6.07) is 11.0. The van der Waals surface area contributed by atoms with E-state index in [1.165, 1.54) is 0 Å². The van der Waals surface area contributed by atoms with E-state index in [0.717, 1.165) is 11.8 Å². The molecule has 0 radical (unpaired) electrons. The molecular weight excluding hydrogens is 441 g/mol. The van der Waals surface area contributed by atoms with Gasteiger partial charge in [0.25, 0.3) is 5.91 Å². The van der Waals surface area contributed by atoms with Crippen molar-refractivity contribution in [2.45, 2.75) is 32.5 Å². The maximum Gasteiger partial charge on any atom is 0.254 e. The van der Waals surface area contributed by atoms with Crippen molar-refractivity contribution in [1.29, 1.82) is 0 Å². The quantitative estimate of drug-likeness (QED) is 0.325. The zero-order valence-corrected chi connectivity index (χ0v) is 18.8. The third kappa shape index (κ3) is 5.08. The number of rotatable bonds is 9. The number of ether oxygens (including phenoxy) is 1. The first kappa shape index (κ1) is 23.4. The number of benzene rings is 2. The molecule has 2 heterocycles. The average Bonchev–Trinajstić information content (AvgIpc) is 2.81. The minimum atomic E-state index is -1.07. The van der Waals surface area contributed by atoms with Crippen LogP contribution < -0.4 is 20.7 Å². The second-order valence-corrected chi connectivity index (χ2v) is 8.22. The van der Waals surface area contributed by atoms with Crippen molar-refractivity contribution >= 4 is 29.0 Å². The molecule has 1 aromatic heterocycles. The second-order valence-electron chi connectivity index (χ2n) is 8.22. The van der Waals surface area contributed by atoms with E-state index in [2.05, 4.69) is 39.8 Å². The molecule has 1 atom stereocenters. The Kier molecular flexibility index (Phi) is 6.90. The molecular formula is C24H26FN5O4. The van der Waals surface area contributed by atoms with Crippen LogP contribution in [0.15, 0.2) is 42.6 Å². The fourth-order valence-electron chi connectivity index (χ4n) is 3.45. The van der Waals surface area contributed by atoms with Crippen LogP contribution >= 0.6 is 0 Å². The Balaban J connectivity index is 1.58. The first-order valence-electron chi connectivity index (χ1n) is 10.9. The van der Waals surface area contributed by atoms with E-state index in [-0.39, 0.29) is 24.9 Å². The summed E-state index contributed by atoms with van der Waals surface area (Å²) in [5, 5.41) is 27.1. The number of nitrogens with zero attached hydrogens (tertiary/aromatic N) is 2. The number of halogens is 1. The SMILES string of the molecule is CC(C)c1cccc(Nc2nc(Nc3ccc4c(c3C(=O)NCC(O)CO)CO4)ncc2F)c1. The lowest BCUT2D eigenvalue weighted by molar-refractivity contribution is 0.0798. The summed E-state index contributed by atoms with van der Waals surface area (Å²) in [5.41, 5.74) is 3.19. The first-order chi connectivity index (χ1) is 16.4. The van der Waals surface area contributed by atoms with Crippen LogP contribution in [0.3, 0.4) is 0 Å². The number of carbonyl (C=O) groups is 1. The van der Waals surface area contributed by atoms with Crippen molar-refractivity contribution in [3.63, 3.8) is 0 Å². The van der Waals surface area contributed by atoms with Crippen LogP contribution in [0.5, 0.6) is 5.75 Å². The number of aromatic nitrogens is 2. The minimum absolute atomic E-state index is 0.0113. The average molecular weight is 468 g/mol. The Hall–Kier alpha value is -3.76. The Morgan fingerprint density at radius 1 is 1.24 bits per heavy atom. The van der Waals surface area contributed by atoms with E-state index >= 15 is 0 Å². The van der Waals surface area contributed by atoms with Crippen LogP contribution in [0.2, 0.25) is 0 Å². The molecule has 5 N–H and O–H groups in total. The Bertz CT molecular complexity index is 1200. The lowest BCUT2D eigenvalue weighted by Gasteiger charge is -2.25. The van der Waals surface area contributed by atoms with Crippen molar-refractivity contribution in [2.24, 2.45) is 0 Å². The number of carbonyl (C=O) groups excluding carboxylic acids is 1. The highest BCUT2D eigenvalue weighted by molar-refractivity contribution is 6.02. The number of aliphatic hydroxyl groups is 2. The fourth-order valence-corrected chi connectivity index (χ4v) is 3.45. The predicted molar refractivity (Wildman–Crippen MR) is 125 cm³/mol. The highest BCUT2D eigenvalue weighted by atomic mass is 19.1. The second kappa shape index (κ2) is 10.0. The van der Waals surface area contributed by atoms with Gasteiger partial charge in [-0.3, -0.25) is 4.79 Å². The Morgan fingerprint density at radius 3 is 2.76 bits per heavy atom. The lowest BCUT2D eigenvalue weighted by atomic mass is 10.0. The normalized spacial score (nSPS) is 12.9. The molecule has 0 spiro atoms. The summed E-state index contributed by atoms with van der Waals surface area (Å²) >= 11 is 0. The van der Waals surface area contributed by atoms with E-state index in [9.17, 15) is 14.3 Å². The minimum Gasteiger partial charge on any atom is -0.488 e. The molecule has 3 aromatic rings. The fraction of sp³-hybridized carbons (Fsp3) is 0.292. The van der Waals surface area contributed by atoms with Crippen molar-refractivity contribution in [3.05, 3.63) is 65.1 Å². The molecule has 2 aromatic carbocycles. The smallest absolute Gasteiger partial charge is 0.254 e. The third-order valence-electron chi connectivity index (χ3n) is 5.38. The van der Waals surface area contributed by atoms with Crippen molar-refractivity contribution in [1.82, 2.24) is 15.3 Å². The number of hydrogen-bond donors (Lipinski definition) is 5. The molecule has 34 heavy (non-hydrogen) atoms. The van der Waals surface area contributed by atoms with Crippen molar-refractivity contribution < 1.29 is 24.1 Å².